The molecule has 1 amide bonds. The standard InChI is InChI=1S/C24H21N3O3/c1-3-26-19-9-5-4-8-17(19)18-14-16(12-13-20(18)26)25-23(28)15(2)27-21-10-6-7-11-22(21)30-24(27)29/h4-15H,3H2,1-2H3,(H,25,28). The van der Waals surface area contributed by atoms with E-state index in [0.717, 1.165) is 22.8 Å². The molecule has 0 bridgehead atoms. The van der Waals surface area contributed by atoms with Crippen LogP contribution in [-0.2, 0) is 11.3 Å². The van der Waals surface area contributed by atoms with Gasteiger partial charge >= 0.3 is 5.76 Å². The Bertz CT molecular complexity index is 1470. The van der Waals surface area contributed by atoms with Crippen LogP contribution in [-0.4, -0.2) is 15.0 Å². The molecule has 30 heavy (non-hydrogen) atoms. The highest BCUT2D eigenvalue weighted by Crippen LogP contribution is 2.31. The van der Waals surface area contributed by atoms with Crippen LogP contribution in [0, 0.1) is 0 Å². The van der Waals surface area contributed by atoms with E-state index < -0.39 is 11.8 Å². The van der Waals surface area contributed by atoms with Gasteiger partial charge in [0, 0.05) is 34.0 Å². The van der Waals surface area contributed by atoms with Gasteiger partial charge in [0.25, 0.3) is 0 Å². The zero-order valence-corrected chi connectivity index (χ0v) is 16.8. The first-order valence-electron chi connectivity index (χ1n) is 10.0. The van der Waals surface area contributed by atoms with Crippen molar-refractivity contribution >= 4 is 44.5 Å². The van der Waals surface area contributed by atoms with Crippen LogP contribution in [0.2, 0.25) is 0 Å². The van der Waals surface area contributed by atoms with Crippen molar-refractivity contribution in [2.45, 2.75) is 26.4 Å². The number of para-hydroxylation sites is 3. The van der Waals surface area contributed by atoms with Crippen molar-refractivity contribution in [3.05, 3.63) is 77.3 Å². The van der Waals surface area contributed by atoms with E-state index in [0.29, 0.717) is 16.8 Å². The van der Waals surface area contributed by atoms with Gasteiger partial charge < -0.3 is 14.3 Å². The van der Waals surface area contributed by atoms with Crippen molar-refractivity contribution in [3.63, 3.8) is 0 Å². The molecule has 0 radical (unpaired) electrons. The lowest BCUT2D eigenvalue weighted by Crippen LogP contribution is -2.29. The van der Waals surface area contributed by atoms with Crippen LogP contribution in [0.1, 0.15) is 19.9 Å². The fourth-order valence-corrected chi connectivity index (χ4v) is 4.19. The minimum absolute atomic E-state index is 0.276. The van der Waals surface area contributed by atoms with E-state index in [4.69, 9.17) is 4.42 Å². The van der Waals surface area contributed by atoms with Crippen molar-refractivity contribution in [2.24, 2.45) is 0 Å². The van der Waals surface area contributed by atoms with Crippen molar-refractivity contribution in [1.82, 2.24) is 9.13 Å². The molecule has 6 heteroatoms. The summed E-state index contributed by atoms with van der Waals surface area (Å²) in [5, 5.41) is 5.19. The zero-order chi connectivity index (χ0) is 20.8. The maximum absolute atomic E-state index is 13.0. The molecular formula is C24H21N3O3. The number of nitrogens with zero attached hydrogens (tertiary/aromatic N) is 2. The van der Waals surface area contributed by atoms with Crippen molar-refractivity contribution in [2.75, 3.05) is 5.32 Å². The highest BCUT2D eigenvalue weighted by atomic mass is 16.4. The van der Waals surface area contributed by atoms with E-state index in [-0.39, 0.29) is 5.91 Å². The number of carbonyl (C=O) groups excluding carboxylic acids is 1. The maximum atomic E-state index is 13.0. The molecule has 0 aliphatic rings. The lowest BCUT2D eigenvalue weighted by molar-refractivity contribution is -0.118. The quantitative estimate of drug-likeness (QED) is 0.466. The second kappa shape index (κ2) is 6.91. The molecule has 0 aliphatic heterocycles. The third kappa shape index (κ3) is 2.72. The van der Waals surface area contributed by atoms with E-state index in [1.807, 2.05) is 36.4 Å². The summed E-state index contributed by atoms with van der Waals surface area (Å²) in [6.45, 7) is 4.68. The average Bonchev–Trinajstić information content (AvgIpc) is 3.26. The molecule has 5 aromatic rings. The molecule has 0 spiro atoms. The summed E-state index contributed by atoms with van der Waals surface area (Å²) in [7, 11) is 0. The Morgan fingerprint density at radius 3 is 2.47 bits per heavy atom. The normalized spacial score (nSPS) is 12.6. The summed E-state index contributed by atoms with van der Waals surface area (Å²) in [5.74, 6) is -0.817. The first kappa shape index (κ1) is 18.2. The fourth-order valence-electron chi connectivity index (χ4n) is 4.19. The van der Waals surface area contributed by atoms with E-state index >= 15 is 0 Å². The maximum Gasteiger partial charge on any atom is 0.420 e. The number of carbonyl (C=O) groups is 1. The number of rotatable bonds is 4. The highest BCUT2D eigenvalue weighted by Gasteiger charge is 2.21. The Morgan fingerprint density at radius 2 is 1.67 bits per heavy atom. The molecular weight excluding hydrogens is 378 g/mol. The summed E-state index contributed by atoms with van der Waals surface area (Å²) in [6.07, 6.45) is 0. The number of oxazole rings is 1. The molecule has 1 atom stereocenters. The van der Waals surface area contributed by atoms with Gasteiger partial charge in [-0.1, -0.05) is 30.3 Å². The van der Waals surface area contributed by atoms with Gasteiger partial charge in [-0.15, -0.1) is 0 Å². The molecule has 2 heterocycles. The molecule has 5 rings (SSSR count). The highest BCUT2D eigenvalue weighted by molar-refractivity contribution is 6.10. The summed E-state index contributed by atoms with van der Waals surface area (Å²) < 4.78 is 8.91. The minimum Gasteiger partial charge on any atom is -0.408 e. The molecule has 0 saturated carbocycles. The summed E-state index contributed by atoms with van der Waals surface area (Å²) in [4.78, 5) is 25.3. The van der Waals surface area contributed by atoms with Gasteiger partial charge in [0.2, 0.25) is 5.91 Å². The van der Waals surface area contributed by atoms with Crippen LogP contribution in [0.25, 0.3) is 32.9 Å². The van der Waals surface area contributed by atoms with Crippen LogP contribution in [0.4, 0.5) is 5.69 Å². The minimum atomic E-state index is -0.714. The number of amides is 1. The fraction of sp³-hybridized carbons (Fsp3) is 0.167. The van der Waals surface area contributed by atoms with E-state index in [1.54, 1.807) is 25.1 Å². The number of aryl methyl sites for hydroxylation is 1. The Hall–Kier alpha value is -3.80. The van der Waals surface area contributed by atoms with E-state index in [2.05, 4.69) is 28.9 Å². The molecule has 3 aromatic carbocycles. The Morgan fingerprint density at radius 1 is 0.967 bits per heavy atom. The number of hydrogen-bond donors (Lipinski definition) is 1. The Kier molecular flexibility index (Phi) is 4.20. The summed E-state index contributed by atoms with van der Waals surface area (Å²) >= 11 is 0. The molecule has 6 nitrogen and oxygen atoms in total. The number of fused-ring (bicyclic) bond motifs is 4. The monoisotopic (exact) mass is 399 g/mol. The first-order valence-corrected chi connectivity index (χ1v) is 10.0. The molecule has 0 saturated heterocycles. The Balaban J connectivity index is 1.52. The molecule has 1 unspecified atom stereocenters. The van der Waals surface area contributed by atoms with Gasteiger partial charge in [0.15, 0.2) is 5.58 Å². The zero-order valence-electron chi connectivity index (χ0n) is 16.8. The largest absolute Gasteiger partial charge is 0.420 e. The van der Waals surface area contributed by atoms with Gasteiger partial charge in [-0.2, -0.15) is 0 Å². The first-order chi connectivity index (χ1) is 14.6. The van der Waals surface area contributed by atoms with Gasteiger partial charge in [-0.25, -0.2) is 4.79 Å². The van der Waals surface area contributed by atoms with Gasteiger partial charge in [-0.3, -0.25) is 9.36 Å². The number of hydrogen-bond acceptors (Lipinski definition) is 3. The van der Waals surface area contributed by atoms with Crippen LogP contribution >= 0.6 is 0 Å². The van der Waals surface area contributed by atoms with Crippen LogP contribution in [0.15, 0.2) is 75.9 Å². The van der Waals surface area contributed by atoms with Crippen LogP contribution < -0.4 is 11.1 Å². The molecule has 0 aliphatic carbocycles. The van der Waals surface area contributed by atoms with Gasteiger partial charge in [-0.05, 0) is 50.2 Å². The second-order valence-electron chi connectivity index (χ2n) is 7.36. The van der Waals surface area contributed by atoms with Crippen LogP contribution in [0.5, 0.6) is 0 Å². The predicted molar refractivity (Wildman–Crippen MR) is 119 cm³/mol. The van der Waals surface area contributed by atoms with Crippen molar-refractivity contribution in [3.8, 4) is 0 Å². The predicted octanol–water partition coefficient (Wildman–Crippen LogP) is 4.92. The molecule has 1 N–H and O–H groups in total. The van der Waals surface area contributed by atoms with Crippen molar-refractivity contribution in [1.29, 1.82) is 0 Å². The molecule has 2 aromatic heterocycles. The van der Waals surface area contributed by atoms with Gasteiger partial charge in [0.1, 0.15) is 6.04 Å². The second-order valence-corrected chi connectivity index (χ2v) is 7.36. The van der Waals surface area contributed by atoms with E-state index in [9.17, 15) is 9.59 Å². The third-order valence-corrected chi connectivity index (χ3v) is 5.64. The number of benzene rings is 3. The summed E-state index contributed by atoms with van der Waals surface area (Å²) in [6, 6.07) is 20.6. The molecule has 150 valence electrons. The summed E-state index contributed by atoms with van der Waals surface area (Å²) in [5.41, 5.74) is 4.06. The van der Waals surface area contributed by atoms with Crippen LogP contribution in [0.3, 0.4) is 0 Å². The SMILES string of the molecule is CCn1c2ccccc2c2cc(NC(=O)C(C)n3c(=O)oc4ccccc43)ccc21. The lowest BCUT2D eigenvalue weighted by atomic mass is 10.1. The number of nitrogens with one attached hydrogen (secondary N) is 1. The Labute approximate surface area is 172 Å². The smallest absolute Gasteiger partial charge is 0.408 e. The van der Waals surface area contributed by atoms with E-state index in [1.165, 1.54) is 10.1 Å². The topological polar surface area (TPSA) is 69.2 Å². The number of aromatic nitrogens is 2. The third-order valence-electron chi connectivity index (χ3n) is 5.64. The average molecular weight is 399 g/mol. The van der Waals surface area contributed by atoms with Crippen molar-refractivity contribution < 1.29 is 9.21 Å². The number of anilines is 1. The van der Waals surface area contributed by atoms with Gasteiger partial charge in [0.05, 0.1) is 5.52 Å². The molecule has 0 fully saturated rings. The lowest BCUT2D eigenvalue weighted by Gasteiger charge is -2.13.